The zero-order valence-electron chi connectivity index (χ0n) is 15.2. The molecule has 2 aromatic carbocycles. The van der Waals surface area contributed by atoms with Crippen LogP contribution in [0.3, 0.4) is 0 Å². The van der Waals surface area contributed by atoms with Crippen molar-refractivity contribution >= 4 is 17.8 Å². The summed E-state index contributed by atoms with van der Waals surface area (Å²) in [4.78, 5) is 17.2. The lowest BCUT2D eigenvalue weighted by Crippen LogP contribution is -2.14. The molecule has 6 nitrogen and oxygen atoms in total. The van der Waals surface area contributed by atoms with Crippen LogP contribution in [0, 0.1) is 12.9 Å². The minimum Gasteiger partial charge on any atom is -0.399 e. The molecule has 0 aliphatic heterocycles. The number of nitrogens with zero attached hydrogens (tertiary/aromatic N) is 3. The Morgan fingerprint density at radius 2 is 2.00 bits per heavy atom. The summed E-state index contributed by atoms with van der Waals surface area (Å²) >= 11 is 0. The van der Waals surface area contributed by atoms with E-state index in [1.807, 2.05) is 49.4 Å². The summed E-state index contributed by atoms with van der Waals surface area (Å²) in [6, 6.07) is 13.3. The molecule has 1 aromatic heterocycles. The van der Waals surface area contributed by atoms with Crippen LogP contribution < -0.4 is 5.32 Å². The molecular weight excluding hydrogens is 347 g/mol. The number of anilines is 1. The maximum Gasteiger partial charge on any atom is 0.261 e. The number of halogens is 1. The first-order chi connectivity index (χ1) is 13.0. The van der Waals surface area contributed by atoms with Gasteiger partial charge in [-0.2, -0.15) is 9.49 Å². The predicted molar refractivity (Wildman–Crippen MR) is 102 cm³/mol. The third kappa shape index (κ3) is 4.03. The molecule has 0 unspecified atom stereocenters. The largest absolute Gasteiger partial charge is 0.399 e. The number of amides is 1. The van der Waals surface area contributed by atoms with E-state index in [0.717, 1.165) is 26.9 Å². The molecule has 1 amide bonds. The Labute approximate surface area is 156 Å². The molecule has 0 saturated carbocycles. The van der Waals surface area contributed by atoms with Crippen molar-refractivity contribution in [3.8, 4) is 11.1 Å². The molecule has 0 aliphatic rings. The highest BCUT2D eigenvalue weighted by Crippen LogP contribution is 2.29. The minimum atomic E-state index is -0.677. The molecule has 0 bridgehead atoms. The number of rotatable bonds is 5. The maximum atomic E-state index is 14.0. The SMILES string of the molecule is CO/N=C/c1ccc(-c2ccc(C)cc2NC(=O)c2cnn(C)c2F)cc1. The fourth-order valence-electron chi connectivity index (χ4n) is 2.64. The van der Waals surface area contributed by atoms with Crippen LogP contribution in [0.25, 0.3) is 11.1 Å². The fraction of sp³-hybridized carbons (Fsp3) is 0.150. The Hall–Kier alpha value is -3.48. The molecule has 0 aliphatic carbocycles. The van der Waals surface area contributed by atoms with Crippen LogP contribution in [0.15, 0.2) is 53.8 Å². The molecular formula is C20H19FN4O2. The van der Waals surface area contributed by atoms with Crippen molar-refractivity contribution in [3.05, 3.63) is 71.3 Å². The highest BCUT2D eigenvalue weighted by Gasteiger charge is 2.17. The van der Waals surface area contributed by atoms with Gasteiger partial charge in [0.05, 0.1) is 12.4 Å². The molecule has 7 heteroatoms. The molecule has 3 aromatic rings. The quantitative estimate of drug-likeness (QED) is 0.552. The number of hydrogen-bond acceptors (Lipinski definition) is 4. The summed E-state index contributed by atoms with van der Waals surface area (Å²) in [6.45, 7) is 1.93. The van der Waals surface area contributed by atoms with Gasteiger partial charge in [-0.1, -0.05) is 41.6 Å². The van der Waals surface area contributed by atoms with Crippen LogP contribution in [0.4, 0.5) is 10.1 Å². The number of hydrogen-bond donors (Lipinski definition) is 1. The molecule has 0 radical (unpaired) electrons. The summed E-state index contributed by atoms with van der Waals surface area (Å²) in [5.74, 6) is -1.22. The summed E-state index contributed by atoms with van der Waals surface area (Å²) in [7, 11) is 2.93. The van der Waals surface area contributed by atoms with Crippen molar-refractivity contribution in [2.24, 2.45) is 12.2 Å². The maximum absolute atomic E-state index is 14.0. The second-order valence-corrected chi connectivity index (χ2v) is 6.01. The van der Waals surface area contributed by atoms with Gasteiger partial charge >= 0.3 is 0 Å². The van der Waals surface area contributed by atoms with Gasteiger partial charge in [0.25, 0.3) is 5.91 Å². The van der Waals surface area contributed by atoms with Crippen LogP contribution in [0.5, 0.6) is 0 Å². The number of nitrogens with one attached hydrogen (secondary N) is 1. The first-order valence-corrected chi connectivity index (χ1v) is 8.26. The van der Waals surface area contributed by atoms with Crippen molar-refractivity contribution in [1.82, 2.24) is 9.78 Å². The summed E-state index contributed by atoms with van der Waals surface area (Å²) in [5, 5.41) is 10.3. The Balaban J connectivity index is 1.92. The standard InChI is InChI=1S/C20H19FN4O2/c1-13-4-9-16(15-7-5-14(6-8-15)11-23-27-3)18(10-13)24-20(26)17-12-22-25(2)19(17)21/h4-12H,1-3H3,(H,24,26)/b23-11+. The average Bonchev–Trinajstić information content (AvgIpc) is 3.00. The lowest BCUT2D eigenvalue weighted by molar-refractivity contribution is 0.102. The number of benzene rings is 2. The summed E-state index contributed by atoms with van der Waals surface area (Å²) < 4.78 is 15.0. The zero-order valence-corrected chi connectivity index (χ0v) is 15.2. The highest BCUT2D eigenvalue weighted by molar-refractivity contribution is 6.06. The third-order valence-corrected chi connectivity index (χ3v) is 4.06. The Bertz CT molecular complexity index is 994. The predicted octanol–water partition coefficient (Wildman–Crippen LogP) is 3.77. The summed E-state index contributed by atoms with van der Waals surface area (Å²) in [6.07, 6.45) is 2.82. The monoisotopic (exact) mass is 366 g/mol. The second kappa shape index (κ2) is 7.82. The van der Waals surface area contributed by atoms with Crippen LogP contribution in [-0.4, -0.2) is 29.0 Å². The smallest absolute Gasteiger partial charge is 0.261 e. The van der Waals surface area contributed by atoms with E-state index in [4.69, 9.17) is 0 Å². The molecule has 0 fully saturated rings. The first kappa shape index (κ1) is 18.3. The van der Waals surface area contributed by atoms with Crippen molar-refractivity contribution < 1.29 is 14.0 Å². The number of carbonyl (C=O) groups is 1. The van der Waals surface area contributed by atoms with E-state index in [1.165, 1.54) is 20.4 Å². The van der Waals surface area contributed by atoms with Gasteiger partial charge in [-0.15, -0.1) is 0 Å². The second-order valence-electron chi connectivity index (χ2n) is 6.01. The molecule has 3 rings (SSSR count). The zero-order chi connectivity index (χ0) is 19.4. The van der Waals surface area contributed by atoms with Crippen molar-refractivity contribution in [3.63, 3.8) is 0 Å². The fourth-order valence-corrected chi connectivity index (χ4v) is 2.64. The molecule has 138 valence electrons. The normalized spacial score (nSPS) is 11.0. The van der Waals surface area contributed by atoms with E-state index in [0.29, 0.717) is 5.69 Å². The van der Waals surface area contributed by atoms with Gasteiger partial charge in [0.1, 0.15) is 12.7 Å². The van der Waals surface area contributed by atoms with Crippen LogP contribution in [0.2, 0.25) is 0 Å². The number of aryl methyl sites for hydroxylation is 2. The van der Waals surface area contributed by atoms with E-state index < -0.39 is 11.9 Å². The van der Waals surface area contributed by atoms with Crippen LogP contribution in [0.1, 0.15) is 21.5 Å². The molecule has 27 heavy (non-hydrogen) atoms. The number of oxime groups is 1. The van der Waals surface area contributed by atoms with E-state index in [9.17, 15) is 9.18 Å². The minimum absolute atomic E-state index is 0.101. The topological polar surface area (TPSA) is 68.5 Å². The Morgan fingerprint density at radius 1 is 1.26 bits per heavy atom. The lowest BCUT2D eigenvalue weighted by atomic mass is 10.0. The number of aromatic nitrogens is 2. The van der Waals surface area contributed by atoms with Gasteiger partial charge < -0.3 is 10.2 Å². The molecule has 1 heterocycles. The molecule has 1 N–H and O–H groups in total. The lowest BCUT2D eigenvalue weighted by Gasteiger charge is -2.12. The average molecular weight is 366 g/mol. The highest BCUT2D eigenvalue weighted by atomic mass is 19.1. The van der Waals surface area contributed by atoms with Crippen molar-refractivity contribution in [2.75, 3.05) is 12.4 Å². The van der Waals surface area contributed by atoms with Gasteiger partial charge in [0.2, 0.25) is 5.95 Å². The van der Waals surface area contributed by atoms with Gasteiger partial charge in [-0.25, -0.2) is 4.68 Å². The van der Waals surface area contributed by atoms with Gasteiger partial charge in [0.15, 0.2) is 0 Å². The van der Waals surface area contributed by atoms with E-state index in [1.54, 1.807) is 6.21 Å². The van der Waals surface area contributed by atoms with E-state index in [2.05, 4.69) is 20.4 Å². The van der Waals surface area contributed by atoms with Crippen LogP contribution >= 0.6 is 0 Å². The van der Waals surface area contributed by atoms with Crippen molar-refractivity contribution in [1.29, 1.82) is 0 Å². The van der Waals surface area contributed by atoms with Crippen molar-refractivity contribution in [2.45, 2.75) is 6.92 Å². The van der Waals surface area contributed by atoms with E-state index in [-0.39, 0.29) is 5.56 Å². The number of carbonyl (C=O) groups excluding carboxylic acids is 1. The first-order valence-electron chi connectivity index (χ1n) is 8.26. The molecule has 0 saturated heterocycles. The molecule has 0 spiro atoms. The Morgan fingerprint density at radius 3 is 2.63 bits per heavy atom. The third-order valence-electron chi connectivity index (χ3n) is 4.06. The van der Waals surface area contributed by atoms with Gasteiger partial charge in [-0.05, 0) is 29.7 Å². The summed E-state index contributed by atoms with van der Waals surface area (Å²) in [5.41, 5.74) is 4.10. The molecule has 0 atom stereocenters. The van der Waals surface area contributed by atoms with Gasteiger partial charge in [0, 0.05) is 18.3 Å². The van der Waals surface area contributed by atoms with E-state index >= 15 is 0 Å². The van der Waals surface area contributed by atoms with Crippen LogP contribution in [-0.2, 0) is 11.9 Å². The Kier molecular flexibility index (Phi) is 5.30. The van der Waals surface area contributed by atoms with Gasteiger partial charge in [-0.3, -0.25) is 4.79 Å².